The van der Waals surface area contributed by atoms with Crippen LogP contribution in [0.3, 0.4) is 0 Å². The Morgan fingerprint density at radius 1 is 1.11 bits per heavy atom. The number of rotatable bonds is 5. The summed E-state index contributed by atoms with van der Waals surface area (Å²) in [6.07, 6.45) is 6.05. The van der Waals surface area contributed by atoms with Crippen molar-refractivity contribution in [2.75, 3.05) is 13.2 Å². The van der Waals surface area contributed by atoms with E-state index in [1.165, 1.54) is 22.3 Å². The fourth-order valence-electron chi connectivity index (χ4n) is 3.79. The van der Waals surface area contributed by atoms with Gasteiger partial charge in [-0.15, -0.1) is 12.3 Å². The fraction of sp³-hybridized carbons (Fsp3) is 0.375. The van der Waals surface area contributed by atoms with Crippen LogP contribution in [0.2, 0.25) is 0 Å². The van der Waals surface area contributed by atoms with Crippen molar-refractivity contribution >= 4 is 6.09 Å². The minimum absolute atomic E-state index is 0.00508. The minimum Gasteiger partial charge on any atom is -0.449 e. The van der Waals surface area contributed by atoms with Gasteiger partial charge in [0.25, 0.3) is 0 Å². The molecule has 1 aliphatic carbocycles. The molecule has 0 radical (unpaired) electrons. The molecule has 0 aliphatic heterocycles. The van der Waals surface area contributed by atoms with E-state index in [1.54, 1.807) is 0 Å². The van der Waals surface area contributed by atoms with Gasteiger partial charge in [-0.1, -0.05) is 69.3 Å². The zero-order valence-electron chi connectivity index (χ0n) is 16.3. The third-order valence-electron chi connectivity index (χ3n) is 4.93. The molecule has 1 amide bonds. The largest absolute Gasteiger partial charge is 0.449 e. The molecule has 1 N–H and O–H groups in total. The zero-order chi connectivity index (χ0) is 19.4. The van der Waals surface area contributed by atoms with Gasteiger partial charge in [-0.2, -0.15) is 0 Å². The van der Waals surface area contributed by atoms with Crippen LogP contribution < -0.4 is 5.32 Å². The summed E-state index contributed by atoms with van der Waals surface area (Å²) < 4.78 is 5.55. The van der Waals surface area contributed by atoms with Crippen molar-refractivity contribution in [3.8, 4) is 23.5 Å². The summed E-state index contributed by atoms with van der Waals surface area (Å²) in [4.78, 5) is 12.2. The Morgan fingerprint density at radius 2 is 1.67 bits per heavy atom. The first-order chi connectivity index (χ1) is 12.9. The molecule has 140 valence electrons. The average Bonchev–Trinajstić information content (AvgIpc) is 2.96. The van der Waals surface area contributed by atoms with Gasteiger partial charge in [-0.25, -0.2) is 4.79 Å². The predicted molar refractivity (Wildman–Crippen MR) is 109 cm³/mol. The molecule has 1 aliphatic rings. The Kier molecular flexibility index (Phi) is 5.56. The first kappa shape index (κ1) is 19.0. The maximum absolute atomic E-state index is 12.2. The highest BCUT2D eigenvalue weighted by atomic mass is 16.5. The molecule has 0 bridgehead atoms. The number of terminal acetylenes is 1. The maximum atomic E-state index is 12.2. The van der Waals surface area contributed by atoms with E-state index < -0.39 is 6.09 Å². The Hall–Kier alpha value is -2.73. The van der Waals surface area contributed by atoms with Crippen molar-refractivity contribution in [3.63, 3.8) is 0 Å². The Balaban J connectivity index is 1.60. The van der Waals surface area contributed by atoms with Crippen molar-refractivity contribution in [2.45, 2.75) is 33.1 Å². The zero-order valence-corrected chi connectivity index (χ0v) is 16.3. The third kappa shape index (κ3) is 4.52. The van der Waals surface area contributed by atoms with Crippen LogP contribution in [0, 0.1) is 23.7 Å². The molecule has 3 heteroatoms. The second kappa shape index (κ2) is 7.88. The van der Waals surface area contributed by atoms with E-state index in [4.69, 9.17) is 11.2 Å². The highest BCUT2D eigenvalue weighted by Crippen LogP contribution is 2.44. The summed E-state index contributed by atoms with van der Waals surface area (Å²) in [5.74, 6) is 2.84. The number of fused-ring (bicyclic) bond motifs is 3. The smallest absolute Gasteiger partial charge is 0.407 e. The van der Waals surface area contributed by atoms with Gasteiger partial charge < -0.3 is 10.1 Å². The summed E-state index contributed by atoms with van der Waals surface area (Å²) in [5.41, 5.74) is 4.99. The van der Waals surface area contributed by atoms with Crippen LogP contribution in [0.5, 0.6) is 0 Å². The number of hydrogen-bond donors (Lipinski definition) is 1. The Bertz CT molecular complexity index is 812. The first-order valence-corrected chi connectivity index (χ1v) is 9.44. The number of amides is 1. The number of ether oxygens (including phenoxy) is 1. The van der Waals surface area contributed by atoms with Crippen LogP contribution in [0.25, 0.3) is 11.1 Å². The van der Waals surface area contributed by atoms with Crippen molar-refractivity contribution in [3.05, 3.63) is 59.7 Å². The van der Waals surface area contributed by atoms with E-state index in [1.807, 2.05) is 24.3 Å². The van der Waals surface area contributed by atoms with Gasteiger partial charge >= 0.3 is 6.09 Å². The molecule has 0 spiro atoms. The number of nitrogens with one attached hydrogen (secondary N) is 1. The molecule has 1 atom stereocenters. The predicted octanol–water partition coefficient (Wildman–Crippen LogP) is 5.21. The number of benzene rings is 2. The number of hydrogen-bond acceptors (Lipinski definition) is 2. The van der Waals surface area contributed by atoms with E-state index in [-0.39, 0.29) is 17.3 Å². The van der Waals surface area contributed by atoms with Crippen LogP contribution in [-0.4, -0.2) is 19.2 Å². The summed E-state index contributed by atoms with van der Waals surface area (Å²) in [6, 6.07) is 16.6. The molecule has 27 heavy (non-hydrogen) atoms. The van der Waals surface area contributed by atoms with Gasteiger partial charge in [0.15, 0.2) is 0 Å². The second-order valence-corrected chi connectivity index (χ2v) is 8.33. The highest BCUT2D eigenvalue weighted by molar-refractivity contribution is 5.79. The molecule has 2 aromatic carbocycles. The number of carbonyl (C=O) groups is 1. The lowest BCUT2D eigenvalue weighted by atomic mass is 9.85. The average molecular weight is 361 g/mol. The summed E-state index contributed by atoms with van der Waals surface area (Å²) >= 11 is 0. The van der Waals surface area contributed by atoms with E-state index >= 15 is 0 Å². The van der Waals surface area contributed by atoms with Crippen molar-refractivity contribution in [1.82, 2.24) is 5.32 Å². The van der Waals surface area contributed by atoms with Crippen LogP contribution in [0.4, 0.5) is 4.79 Å². The van der Waals surface area contributed by atoms with Gasteiger partial charge in [0.05, 0.1) is 0 Å². The maximum Gasteiger partial charge on any atom is 0.407 e. The van der Waals surface area contributed by atoms with Crippen molar-refractivity contribution in [1.29, 1.82) is 0 Å². The molecule has 3 nitrogen and oxygen atoms in total. The quantitative estimate of drug-likeness (QED) is 0.742. The summed E-state index contributed by atoms with van der Waals surface area (Å²) in [7, 11) is 0. The van der Waals surface area contributed by atoms with Crippen LogP contribution in [-0.2, 0) is 4.74 Å². The Labute approximate surface area is 162 Å². The summed E-state index contributed by atoms with van der Waals surface area (Å²) in [6.45, 7) is 7.18. The molecule has 0 saturated carbocycles. The van der Waals surface area contributed by atoms with Gasteiger partial charge in [-0.05, 0) is 34.1 Å². The standard InChI is InChI=1S/C24H27NO2/c1-5-17(14-24(2,3)4)15-25-23(26)27-16-22-20-12-8-6-10-18(20)19-11-7-9-13-21(19)22/h1,6-13,17,22H,14-16H2,2-4H3,(H,25,26). The molecule has 3 rings (SSSR count). The van der Waals surface area contributed by atoms with E-state index in [2.05, 4.69) is 56.3 Å². The van der Waals surface area contributed by atoms with E-state index in [0.29, 0.717) is 13.2 Å². The molecule has 2 aromatic rings. The monoisotopic (exact) mass is 361 g/mol. The van der Waals surface area contributed by atoms with E-state index in [0.717, 1.165) is 6.42 Å². The molecular formula is C24H27NO2. The topological polar surface area (TPSA) is 38.3 Å². The molecule has 1 unspecified atom stereocenters. The van der Waals surface area contributed by atoms with Crippen LogP contribution in [0.15, 0.2) is 48.5 Å². The lowest BCUT2D eigenvalue weighted by Crippen LogP contribution is -2.31. The normalized spacial score (nSPS) is 14.0. The first-order valence-electron chi connectivity index (χ1n) is 9.44. The SMILES string of the molecule is C#CC(CNC(=O)OCC1c2ccccc2-c2ccccc21)CC(C)(C)C. The lowest BCUT2D eigenvalue weighted by Gasteiger charge is -2.22. The number of alkyl carbamates (subject to hydrolysis) is 1. The van der Waals surface area contributed by atoms with Crippen LogP contribution >= 0.6 is 0 Å². The second-order valence-electron chi connectivity index (χ2n) is 8.33. The van der Waals surface area contributed by atoms with Crippen molar-refractivity contribution < 1.29 is 9.53 Å². The lowest BCUT2D eigenvalue weighted by molar-refractivity contribution is 0.141. The molecule has 0 saturated heterocycles. The highest BCUT2D eigenvalue weighted by Gasteiger charge is 2.29. The molecule has 0 aromatic heterocycles. The molecule has 0 fully saturated rings. The molecule has 0 heterocycles. The Morgan fingerprint density at radius 3 is 2.19 bits per heavy atom. The van der Waals surface area contributed by atoms with Crippen molar-refractivity contribution in [2.24, 2.45) is 11.3 Å². The van der Waals surface area contributed by atoms with E-state index in [9.17, 15) is 4.79 Å². The minimum atomic E-state index is -0.411. The van der Waals surface area contributed by atoms with Gasteiger partial charge in [0.1, 0.15) is 6.61 Å². The molecular weight excluding hydrogens is 334 g/mol. The van der Waals surface area contributed by atoms with Gasteiger partial charge in [0.2, 0.25) is 0 Å². The summed E-state index contributed by atoms with van der Waals surface area (Å²) in [5, 5.41) is 2.82. The number of carbonyl (C=O) groups excluding carboxylic acids is 1. The van der Waals surface area contributed by atoms with Crippen LogP contribution in [0.1, 0.15) is 44.2 Å². The van der Waals surface area contributed by atoms with Gasteiger partial charge in [0, 0.05) is 18.4 Å². The van der Waals surface area contributed by atoms with Gasteiger partial charge in [-0.3, -0.25) is 0 Å². The third-order valence-corrected chi connectivity index (χ3v) is 4.93. The fourth-order valence-corrected chi connectivity index (χ4v) is 3.79.